The maximum Gasteiger partial charge on any atom is 0.573 e. The van der Waals surface area contributed by atoms with Gasteiger partial charge in [0.15, 0.2) is 6.10 Å². The molecule has 0 amide bonds. The zero-order valence-electron chi connectivity index (χ0n) is 14.1. The zero-order chi connectivity index (χ0) is 19.6. The molecule has 144 valence electrons. The summed E-state index contributed by atoms with van der Waals surface area (Å²) in [5.41, 5.74) is 1.20. The van der Waals surface area contributed by atoms with Crippen LogP contribution in [0.3, 0.4) is 0 Å². The maximum atomic E-state index is 12.2. The standard InChI is InChI=1S/C18H12F3N3O4/c19-18(20,21)27-12-3-1-11(2-4-12)15-9-16(24-28-15)26-13-5-6-14(23-10-13)17-22-7-8-25-17/h1-8,10,15H,9H2/t15-/m0/s1. The van der Waals surface area contributed by atoms with E-state index in [0.29, 0.717) is 35.2 Å². The minimum atomic E-state index is -4.73. The molecule has 4 rings (SSSR count). The van der Waals surface area contributed by atoms with Crippen molar-refractivity contribution in [3.8, 4) is 23.1 Å². The Morgan fingerprint density at radius 2 is 1.79 bits per heavy atom. The van der Waals surface area contributed by atoms with Crippen molar-refractivity contribution in [2.75, 3.05) is 0 Å². The summed E-state index contributed by atoms with van der Waals surface area (Å²) in [4.78, 5) is 13.5. The van der Waals surface area contributed by atoms with E-state index in [1.54, 1.807) is 12.1 Å². The zero-order valence-corrected chi connectivity index (χ0v) is 14.1. The molecule has 0 aliphatic carbocycles. The molecule has 28 heavy (non-hydrogen) atoms. The Labute approximate surface area is 156 Å². The van der Waals surface area contributed by atoms with Crippen LogP contribution in [0.4, 0.5) is 13.2 Å². The van der Waals surface area contributed by atoms with Gasteiger partial charge >= 0.3 is 6.36 Å². The lowest BCUT2D eigenvalue weighted by Gasteiger charge is -2.11. The van der Waals surface area contributed by atoms with E-state index < -0.39 is 12.5 Å². The molecule has 0 spiro atoms. The molecule has 0 bridgehead atoms. The second-order valence-corrected chi connectivity index (χ2v) is 5.72. The third kappa shape index (κ3) is 4.22. The maximum absolute atomic E-state index is 12.2. The van der Waals surface area contributed by atoms with Gasteiger partial charge in [-0.15, -0.1) is 13.2 Å². The molecule has 0 fully saturated rings. The lowest BCUT2D eigenvalue weighted by atomic mass is 10.1. The molecule has 10 heteroatoms. The van der Waals surface area contributed by atoms with Gasteiger partial charge in [0.25, 0.3) is 0 Å². The number of halogens is 3. The minimum absolute atomic E-state index is 0.302. The molecule has 0 radical (unpaired) electrons. The lowest BCUT2D eigenvalue weighted by Crippen LogP contribution is -2.17. The predicted octanol–water partition coefficient (Wildman–Crippen LogP) is 4.49. The summed E-state index contributed by atoms with van der Waals surface area (Å²) in [6, 6.07) is 8.78. The van der Waals surface area contributed by atoms with Crippen LogP contribution in [0, 0.1) is 0 Å². The van der Waals surface area contributed by atoms with E-state index in [2.05, 4.69) is 19.9 Å². The molecule has 0 N–H and O–H groups in total. The van der Waals surface area contributed by atoms with Gasteiger partial charge in [0.05, 0.1) is 18.8 Å². The third-order valence-corrected chi connectivity index (χ3v) is 3.75. The topological polar surface area (TPSA) is 79.0 Å². The smallest absolute Gasteiger partial charge is 0.443 e. The van der Waals surface area contributed by atoms with Gasteiger partial charge in [0.1, 0.15) is 23.5 Å². The number of benzene rings is 1. The molecule has 2 aromatic heterocycles. The summed E-state index contributed by atoms with van der Waals surface area (Å²) in [5.74, 6) is 0.869. The molecule has 1 aromatic carbocycles. The van der Waals surface area contributed by atoms with Crippen LogP contribution in [0.2, 0.25) is 0 Å². The van der Waals surface area contributed by atoms with Crippen molar-refractivity contribution in [3.05, 3.63) is 60.6 Å². The Balaban J connectivity index is 1.35. The van der Waals surface area contributed by atoms with Crippen molar-refractivity contribution in [1.29, 1.82) is 0 Å². The Morgan fingerprint density at radius 1 is 1.00 bits per heavy atom. The number of oxime groups is 1. The number of pyridine rings is 1. The minimum Gasteiger partial charge on any atom is -0.443 e. The van der Waals surface area contributed by atoms with Gasteiger partial charge in [-0.05, 0) is 29.8 Å². The number of ether oxygens (including phenoxy) is 2. The van der Waals surface area contributed by atoms with Gasteiger partial charge in [0.2, 0.25) is 11.8 Å². The van der Waals surface area contributed by atoms with E-state index in [0.717, 1.165) is 0 Å². The van der Waals surface area contributed by atoms with Crippen LogP contribution in [0.25, 0.3) is 11.6 Å². The van der Waals surface area contributed by atoms with Crippen molar-refractivity contribution in [3.63, 3.8) is 0 Å². The van der Waals surface area contributed by atoms with Crippen LogP contribution < -0.4 is 9.47 Å². The molecule has 0 unspecified atom stereocenters. The quantitative estimate of drug-likeness (QED) is 0.652. The summed E-state index contributed by atoms with van der Waals surface area (Å²) >= 11 is 0. The summed E-state index contributed by atoms with van der Waals surface area (Å²) < 4.78 is 51.3. The van der Waals surface area contributed by atoms with Gasteiger partial charge in [-0.2, -0.15) is 0 Å². The Kier molecular flexibility index (Phi) is 4.60. The fourth-order valence-corrected chi connectivity index (χ4v) is 2.53. The van der Waals surface area contributed by atoms with Crippen molar-refractivity contribution in [1.82, 2.24) is 9.97 Å². The summed E-state index contributed by atoms with van der Waals surface area (Å²) in [6.45, 7) is 0. The van der Waals surface area contributed by atoms with Crippen LogP contribution in [0.5, 0.6) is 11.5 Å². The second-order valence-electron chi connectivity index (χ2n) is 5.72. The van der Waals surface area contributed by atoms with Crippen molar-refractivity contribution < 1.29 is 31.9 Å². The number of nitrogens with zero attached hydrogens (tertiary/aromatic N) is 3. The Hall–Kier alpha value is -3.56. The van der Waals surface area contributed by atoms with Crippen LogP contribution >= 0.6 is 0 Å². The van der Waals surface area contributed by atoms with E-state index in [1.165, 1.54) is 42.9 Å². The monoisotopic (exact) mass is 391 g/mol. The molecule has 7 nitrogen and oxygen atoms in total. The van der Waals surface area contributed by atoms with Crippen LogP contribution in [0.1, 0.15) is 18.1 Å². The Bertz CT molecular complexity index is 955. The molecular weight excluding hydrogens is 379 g/mol. The van der Waals surface area contributed by atoms with Gasteiger partial charge in [-0.1, -0.05) is 17.3 Å². The van der Waals surface area contributed by atoms with Crippen molar-refractivity contribution >= 4 is 5.90 Å². The first-order valence-electron chi connectivity index (χ1n) is 8.08. The normalized spacial score (nSPS) is 16.4. The fraction of sp³-hybridized carbons (Fsp3) is 0.167. The lowest BCUT2D eigenvalue weighted by molar-refractivity contribution is -0.274. The highest BCUT2D eigenvalue weighted by atomic mass is 19.4. The van der Waals surface area contributed by atoms with E-state index in [1.807, 2.05) is 0 Å². The van der Waals surface area contributed by atoms with Crippen LogP contribution in [-0.4, -0.2) is 22.2 Å². The number of hydrogen-bond acceptors (Lipinski definition) is 7. The molecule has 1 aliphatic rings. The number of alkyl halides is 3. The SMILES string of the molecule is FC(F)(F)Oc1ccc([C@@H]2CC(Oc3ccc(-c4ncco4)nc3)=NO2)cc1. The average Bonchev–Trinajstić information content (AvgIpc) is 3.34. The number of rotatable bonds is 4. The highest BCUT2D eigenvalue weighted by Gasteiger charge is 2.31. The molecular formula is C18H12F3N3O4. The Morgan fingerprint density at radius 3 is 2.43 bits per heavy atom. The molecule has 1 atom stereocenters. The van der Waals surface area contributed by atoms with E-state index >= 15 is 0 Å². The van der Waals surface area contributed by atoms with Gasteiger partial charge in [-0.25, -0.2) is 9.97 Å². The van der Waals surface area contributed by atoms with Crippen molar-refractivity contribution in [2.24, 2.45) is 5.16 Å². The third-order valence-electron chi connectivity index (χ3n) is 3.75. The van der Waals surface area contributed by atoms with E-state index in [4.69, 9.17) is 14.0 Å². The highest BCUT2D eigenvalue weighted by molar-refractivity contribution is 5.79. The van der Waals surface area contributed by atoms with Gasteiger partial charge in [-0.3, -0.25) is 0 Å². The van der Waals surface area contributed by atoms with Crippen LogP contribution in [0.15, 0.2) is 64.6 Å². The molecule has 1 aliphatic heterocycles. The molecule has 3 heterocycles. The van der Waals surface area contributed by atoms with Crippen molar-refractivity contribution in [2.45, 2.75) is 18.9 Å². The molecule has 3 aromatic rings. The van der Waals surface area contributed by atoms with Crippen LogP contribution in [-0.2, 0) is 4.84 Å². The number of aromatic nitrogens is 2. The van der Waals surface area contributed by atoms with E-state index in [-0.39, 0.29) is 5.75 Å². The first-order chi connectivity index (χ1) is 13.5. The predicted molar refractivity (Wildman–Crippen MR) is 89.4 cm³/mol. The second kappa shape index (κ2) is 7.22. The summed E-state index contributed by atoms with van der Waals surface area (Å²) in [7, 11) is 0. The number of hydrogen-bond donors (Lipinski definition) is 0. The van der Waals surface area contributed by atoms with Gasteiger partial charge < -0.3 is 18.7 Å². The number of oxazole rings is 1. The average molecular weight is 391 g/mol. The summed E-state index contributed by atoms with van der Waals surface area (Å²) in [5, 5.41) is 3.87. The van der Waals surface area contributed by atoms with E-state index in [9.17, 15) is 13.2 Å². The molecule has 0 saturated carbocycles. The molecule has 0 saturated heterocycles. The van der Waals surface area contributed by atoms with Gasteiger partial charge in [0, 0.05) is 0 Å². The largest absolute Gasteiger partial charge is 0.573 e. The highest BCUT2D eigenvalue weighted by Crippen LogP contribution is 2.31. The fourth-order valence-electron chi connectivity index (χ4n) is 2.53. The first-order valence-corrected chi connectivity index (χ1v) is 8.08. The first kappa shape index (κ1) is 17.8. The summed E-state index contributed by atoms with van der Waals surface area (Å²) in [6.07, 6.45) is -0.400.